The molecule has 0 saturated carbocycles. The molecule has 4 heteroatoms. The zero-order valence-corrected chi connectivity index (χ0v) is 10.7. The van der Waals surface area contributed by atoms with Crippen LogP contribution < -0.4 is 40.4 Å². The van der Waals surface area contributed by atoms with Gasteiger partial charge >= 0.3 is 0 Å². The summed E-state index contributed by atoms with van der Waals surface area (Å²) in [6, 6.07) is 10.5. The van der Waals surface area contributed by atoms with Crippen molar-refractivity contribution in [2.24, 2.45) is 0 Å². The number of quaternary nitrogens is 2. The van der Waals surface area contributed by atoms with E-state index in [1.165, 1.54) is 10.5 Å². The summed E-state index contributed by atoms with van der Waals surface area (Å²) in [5.41, 5.74) is 1.41. The van der Waals surface area contributed by atoms with E-state index in [2.05, 4.69) is 44.4 Å². The van der Waals surface area contributed by atoms with E-state index < -0.39 is 0 Å². The maximum Gasteiger partial charge on any atom is 0.102 e. The van der Waals surface area contributed by atoms with Gasteiger partial charge in [-0.15, -0.1) is 0 Å². The highest BCUT2D eigenvalue weighted by molar-refractivity contribution is 5.12. The average Bonchev–Trinajstić information content (AvgIpc) is 1.88. The number of nitrogens with one attached hydrogen (secondary N) is 1. The Morgan fingerprint density at radius 2 is 1.54 bits per heavy atom. The molecule has 0 aromatic heterocycles. The molecule has 0 aliphatic rings. The second-order valence-corrected chi connectivity index (χ2v) is 2.87. The summed E-state index contributed by atoms with van der Waals surface area (Å²) in [5.74, 6) is 0. The molecule has 78 valence electrons. The van der Waals surface area contributed by atoms with Crippen molar-refractivity contribution in [2.75, 3.05) is 14.1 Å². The van der Waals surface area contributed by atoms with Crippen LogP contribution in [-0.2, 0) is 6.54 Å². The summed E-state index contributed by atoms with van der Waals surface area (Å²) in [6.07, 6.45) is 0. The molecule has 1 aromatic rings. The minimum absolute atomic E-state index is 0. The summed E-state index contributed by atoms with van der Waals surface area (Å²) in [6.45, 7) is 1.11. The maximum absolute atomic E-state index is 2.16. The van der Waals surface area contributed by atoms with Crippen molar-refractivity contribution in [3.63, 3.8) is 0 Å². The lowest BCUT2D eigenvalue weighted by Crippen LogP contribution is -3.04. The first-order valence-corrected chi connectivity index (χ1v) is 3.62. The van der Waals surface area contributed by atoms with Crippen molar-refractivity contribution < 1.29 is 34.3 Å². The minimum atomic E-state index is 0. The number of hydrogen-bond donors (Lipinski definition) is 2. The van der Waals surface area contributed by atoms with Crippen LogP contribution in [0, 0.1) is 0 Å². The quantitative estimate of drug-likeness (QED) is 0.539. The fourth-order valence-corrected chi connectivity index (χ4v) is 1.00. The van der Waals surface area contributed by atoms with E-state index in [1.54, 1.807) is 0 Å². The average molecular weight is 270 g/mol. The van der Waals surface area contributed by atoms with Crippen LogP contribution in [0.3, 0.4) is 0 Å². The molecule has 13 heavy (non-hydrogen) atoms. The van der Waals surface area contributed by atoms with Crippen molar-refractivity contribution in [3.8, 4) is 0 Å². The molecular weight excluding hydrogens is 251 g/mol. The molecule has 0 spiro atoms. The van der Waals surface area contributed by atoms with Gasteiger partial charge in [0.1, 0.15) is 6.54 Å². The van der Waals surface area contributed by atoms with E-state index in [-0.39, 0.29) is 35.5 Å². The third-order valence-corrected chi connectivity index (χ3v) is 1.40. The zero-order chi connectivity index (χ0) is 7.40. The standard InChI is InChI=1S/C9H13N.BrH.ClH.H3N/c1-10(2)8-9-6-4-3-5-7-9;;;/h3-7H,8H2,1-2H3;2*1H;1H3. The number of halogens is 2. The minimum Gasteiger partial charge on any atom is -1.00 e. The van der Waals surface area contributed by atoms with E-state index in [0.29, 0.717) is 0 Å². The monoisotopic (exact) mass is 268 g/mol. The van der Waals surface area contributed by atoms with Crippen molar-refractivity contribution >= 4 is 0 Å². The van der Waals surface area contributed by atoms with Crippen LogP contribution in [0.4, 0.5) is 0 Å². The van der Waals surface area contributed by atoms with Gasteiger partial charge in [-0.1, -0.05) is 30.3 Å². The van der Waals surface area contributed by atoms with E-state index in [9.17, 15) is 0 Å². The lowest BCUT2D eigenvalue weighted by atomic mass is 10.2. The van der Waals surface area contributed by atoms with Crippen LogP contribution in [0.2, 0.25) is 0 Å². The van der Waals surface area contributed by atoms with E-state index in [0.717, 1.165) is 6.54 Å². The molecule has 0 atom stereocenters. The van der Waals surface area contributed by atoms with Gasteiger partial charge in [-0.05, 0) is 0 Å². The Bertz CT molecular complexity index is 192. The summed E-state index contributed by atoms with van der Waals surface area (Å²) >= 11 is 0. The van der Waals surface area contributed by atoms with E-state index in [4.69, 9.17) is 0 Å². The first-order valence-electron chi connectivity index (χ1n) is 3.62. The Morgan fingerprint density at radius 3 is 1.92 bits per heavy atom. The fraction of sp³-hybridized carbons (Fsp3) is 0.333. The molecule has 1 aromatic carbocycles. The molecule has 0 fully saturated rings. The highest BCUT2D eigenvalue weighted by atomic mass is 79.9. The largest absolute Gasteiger partial charge is 1.00 e. The fourth-order valence-electron chi connectivity index (χ4n) is 1.00. The SMILES string of the molecule is C[NH+](C)Cc1ccccc1.[Br-].[Cl-].[NH4+]. The summed E-state index contributed by atoms with van der Waals surface area (Å²) in [7, 11) is 4.32. The lowest BCUT2D eigenvalue weighted by Gasteiger charge is -2.05. The van der Waals surface area contributed by atoms with Gasteiger partial charge in [0, 0.05) is 5.56 Å². The summed E-state index contributed by atoms with van der Waals surface area (Å²) in [4.78, 5) is 1.46. The van der Waals surface area contributed by atoms with Crippen LogP contribution in [0.1, 0.15) is 5.56 Å². The molecule has 0 aliphatic carbocycles. The van der Waals surface area contributed by atoms with Crippen LogP contribution in [0.15, 0.2) is 30.3 Å². The van der Waals surface area contributed by atoms with E-state index in [1.807, 2.05) is 0 Å². The number of benzene rings is 1. The Balaban J connectivity index is -0.000000333. The topological polar surface area (TPSA) is 40.9 Å². The molecular formula is C9H18BrClN2. The zero-order valence-electron chi connectivity index (χ0n) is 8.35. The third kappa shape index (κ3) is 8.25. The molecule has 0 unspecified atom stereocenters. The molecule has 1 rings (SSSR count). The van der Waals surface area contributed by atoms with Crippen molar-refractivity contribution in [1.82, 2.24) is 6.15 Å². The first-order chi connectivity index (χ1) is 4.79. The highest BCUT2D eigenvalue weighted by Crippen LogP contribution is 1.94. The maximum atomic E-state index is 2.16. The Morgan fingerprint density at radius 1 is 1.08 bits per heavy atom. The van der Waals surface area contributed by atoms with Crippen molar-refractivity contribution in [2.45, 2.75) is 6.54 Å². The molecule has 0 heterocycles. The van der Waals surface area contributed by atoms with Crippen molar-refractivity contribution in [1.29, 1.82) is 0 Å². The number of hydrogen-bond acceptors (Lipinski definition) is 0. The van der Waals surface area contributed by atoms with Gasteiger partial charge in [0.2, 0.25) is 0 Å². The second kappa shape index (κ2) is 9.99. The predicted octanol–water partition coefficient (Wildman–Crippen LogP) is -5.28. The van der Waals surface area contributed by atoms with Gasteiger partial charge in [-0.2, -0.15) is 0 Å². The summed E-state index contributed by atoms with van der Waals surface area (Å²) < 4.78 is 0. The third-order valence-electron chi connectivity index (χ3n) is 1.40. The molecule has 0 aliphatic heterocycles. The van der Waals surface area contributed by atoms with Crippen LogP contribution in [0.25, 0.3) is 0 Å². The Hall–Kier alpha value is -0.0900. The first kappa shape index (κ1) is 18.6. The molecule has 0 amide bonds. The molecule has 0 saturated heterocycles. The van der Waals surface area contributed by atoms with Gasteiger partial charge in [-0.3, -0.25) is 0 Å². The van der Waals surface area contributed by atoms with Crippen LogP contribution in [-0.4, -0.2) is 14.1 Å². The van der Waals surface area contributed by atoms with Crippen LogP contribution in [0.5, 0.6) is 0 Å². The van der Waals surface area contributed by atoms with Gasteiger partial charge in [-0.25, -0.2) is 0 Å². The van der Waals surface area contributed by atoms with Crippen LogP contribution >= 0.6 is 0 Å². The smallest absolute Gasteiger partial charge is 0.102 e. The second-order valence-electron chi connectivity index (χ2n) is 2.87. The van der Waals surface area contributed by atoms with Crippen molar-refractivity contribution in [3.05, 3.63) is 35.9 Å². The predicted molar refractivity (Wildman–Crippen MR) is 48.9 cm³/mol. The molecule has 0 radical (unpaired) electrons. The number of rotatable bonds is 2. The Kier molecular flexibility index (Phi) is 14.3. The van der Waals surface area contributed by atoms with Gasteiger partial charge in [0.05, 0.1) is 14.1 Å². The lowest BCUT2D eigenvalue weighted by molar-refractivity contribution is -0.872. The highest BCUT2D eigenvalue weighted by Gasteiger charge is 1.93. The summed E-state index contributed by atoms with van der Waals surface area (Å²) in [5, 5.41) is 0. The van der Waals surface area contributed by atoms with Gasteiger partial charge in [0.15, 0.2) is 0 Å². The van der Waals surface area contributed by atoms with E-state index >= 15 is 0 Å². The Labute approximate surface area is 97.1 Å². The molecule has 5 N–H and O–H groups in total. The normalized spacial score (nSPS) is 7.92. The van der Waals surface area contributed by atoms with Gasteiger partial charge < -0.3 is 40.4 Å². The molecule has 2 nitrogen and oxygen atoms in total. The van der Waals surface area contributed by atoms with Gasteiger partial charge in [0.25, 0.3) is 0 Å². The molecule has 0 bridgehead atoms.